The Morgan fingerprint density at radius 1 is 0.526 bits per heavy atom. The third-order valence-electron chi connectivity index (χ3n) is 9.76. The lowest BCUT2D eigenvalue weighted by Crippen LogP contribution is -2.29. The number of rotatable bonds is 42. The van der Waals surface area contributed by atoms with Crippen LogP contribution >= 0.6 is 7.82 Å². The zero-order valence-corrected chi connectivity index (χ0v) is 38.2. The molecule has 0 bridgehead atoms. The highest BCUT2D eigenvalue weighted by atomic mass is 31.2. The van der Waals surface area contributed by atoms with Crippen LogP contribution < -0.4 is 0 Å². The molecule has 0 fully saturated rings. The van der Waals surface area contributed by atoms with Gasteiger partial charge in [0.15, 0.2) is 6.10 Å². The molecule has 2 atom stereocenters. The molecule has 0 aliphatic carbocycles. The highest BCUT2D eigenvalue weighted by Crippen LogP contribution is 2.48. The lowest BCUT2D eigenvalue weighted by molar-refractivity contribution is -0.161. The van der Waals surface area contributed by atoms with Crippen molar-refractivity contribution >= 4 is 19.8 Å². The first kappa shape index (κ1) is 55.0. The Morgan fingerprint density at radius 3 is 1.40 bits per heavy atom. The van der Waals surface area contributed by atoms with Crippen molar-refractivity contribution in [3.63, 3.8) is 0 Å². The summed E-state index contributed by atoms with van der Waals surface area (Å²) in [5, 5.41) is 0. The number of hydrogen-bond acceptors (Lipinski definition) is 9. The second-order valence-corrected chi connectivity index (χ2v) is 16.6. The molecule has 0 amide bonds. The molecule has 0 rings (SSSR count). The minimum absolute atomic E-state index is 0.179. The number of phosphoric acid groups is 1. The van der Waals surface area contributed by atoms with Gasteiger partial charge in [0, 0.05) is 26.5 Å². The summed E-state index contributed by atoms with van der Waals surface area (Å²) < 4.78 is 40.5. The third-order valence-corrected chi connectivity index (χ3v) is 11.2. The smallest absolute Gasteiger partial charge is 0.462 e. The molecule has 0 aliphatic rings. The minimum Gasteiger partial charge on any atom is -0.462 e. The van der Waals surface area contributed by atoms with Gasteiger partial charge >= 0.3 is 19.8 Å². The van der Waals surface area contributed by atoms with Gasteiger partial charge < -0.3 is 14.4 Å². The average Bonchev–Trinajstić information content (AvgIpc) is 3.21. The summed E-state index contributed by atoms with van der Waals surface area (Å²) in [6.07, 6.45) is 42.7. The lowest BCUT2D eigenvalue weighted by atomic mass is 10.1. The van der Waals surface area contributed by atoms with Gasteiger partial charge in [0.25, 0.3) is 0 Å². The van der Waals surface area contributed by atoms with Gasteiger partial charge in [-0.05, 0) is 122 Å². The molecule has 9 nitrogen and oxygen atoms in total. The molecule has 332 valence electrons. The average molecular weight is 824 g/mol. The molecule has 0 aromatic rings. The van der Waals surface area contributed by atoms with Gasteiger partial charge in [-0.25, -0.2) is 4.57 Å². The summed E-state index contributed by atoms with van der Waals surface area (Å²) >= 11 is 0. The van der Waals surface area contributed by atoms with Crippen LogP contribution in [0.5, 0.6) is 0 Å². The maximum atomic E-state index is 13.2. The Balaban J connectivity index is 4.58. The molecule has 0 aromatic carbocycles. The molecule has 0 heterocycles. The van der Waals surface area contributed by atoms with E-state index in [0.29, 0.717) is 19.3 Å². The van der Waals surface area contributed by atoms with Gasteiger partial charge in [-0.15, -0.1) is 0 Å². The van der Waals surface area contributed by atoms with Crippen LogP contribution in [0.15, 0.2) is 48.6 Å². The molecular formula is C47H86NO8P. The van der Waals surface area contributed by atoms with E-state index in [1.165, 1.54) is 45.6 Å². The van der Waals surface area contributed by atoms with Crippen molar-refractivity contribution in [2.45, 2.75) is 194 Å². The standard InChI is InChI=1S/C47H86NO8P/c1-6-10-12-14-16-18-20-22-24-26-28-30-32-34-36-39-46(49)53-43-45(44-55-57(51,52-5)54-42-38-41-48(8-3)9-4)56-47(50)40-37-35-33-31-29-27-25-23-21-19-17-15-13-11-7-2/h10-13,22-25,45H,6-9,14-21,26-44H2,1-5H3/b12-10-,13-11-,24-22-,25-23-/t45-,57?/m1/s1. The van der Waals surface area contributed by atoms with E-state index < -0.39 is 19.9 Å². The molecule has 0 radical (unpaired) electrons. The molecule has 0 saturated carbocycles. The maximum absolute atomic E-state index is 13.2. The summed E-state index contributed by atoms with van der Waals surface area (Å²) in [4.78, 5) is 27.7. The molecular weight excluding hydrogens is 737 g/mol. The predicted octanol–water partition coefficient (Wildman–Crippen LogP) is 13.6. The number of hydrogen-bond donors (Lipinski definition) is 0. The molecule has 0 aromatic heterocycles. The van der Waals surface area contributed by atoms with Crippen molar-refractivity contribution in [2.75, 3.05) is 46.6 Å². The number of unbranched alkanes of at least 4 members (excludes halogenated alkanes) is 16. The largest absolute Gasteiger partial charge is 0.474 e. The van der Waals surface area contributed by atoms with Crippen molar-refractivity contribution in [1.82, 2.24) is 4.90 Å². The zero-order chi connectivity index (χ0) is 41.9. The second-order valence-electron chi connectivity index (χ2n) is 14.8. The molecule has 10 heteroatoms. The van der Waals surface area contributed by atoms with Crippen LogP contribution in [0.2, 0.25) is 0 Å². The zero-order valence-electron chi connectivity index (χ0n) is 37.3. The van der Waals surface area contributed by atoms with Crippen LogP contribution in [0.4, 0.5) is 0 Å². The molecule has 0 aliphatic heterocycles. The van der Waals surface area contributed by atoms with Crippen molar-refractivity contribution in [2.24, 2.45) is 0 Å². The monoisotopic (exact) mass is 824 g/mol. The fourth-order valence-electron chi connectivity index (χ4n) is 6.15. The van der Waals surface area contributed by atoms with Crippen molar-refractivity contribution in [1.29, 1.82) is 0 Å². The topological polar surface area (TPSA) is 101 Å². The van der Waals surface area contributed by atoms with Gasteiger partial charge in [0.1, 0.15) is 6.61 Å². The number of nitrogens with zero attached hydrogens (tertiary/aromatic N) is 1. The Morgan fingerprint density at radius 2 is 0.947 bits per heavy atom. The van der Waals surface area contributed by atoms with Crippen molar-refractivity contribution in [3.05, 3.63) is 48.6 Å². The van der Waals surface area contributed by atoms with E-state index in [9.17, 15) is 14.2 Å². The first-order valence-corrected chi connectivity index (χ1v) is 24.4. The van der Waals surface area contributed by atoms with Crippen LogP contribution in [0, 0.1) is 0 Å². The van der Waals surface area contributed by atoms with Gasteiger partial charge in [0.05, 0.1) is 13.2 Å². The normalized spacial score (nSPS) is 13.8. The van der Waals surface area contributed by atoms with Crippen LogP contribution in [0.1, 0.15) is 188 Å². The molecule has 0 spiro atoms. The third kappa shape index (κ3) is 38.0. The second kappa shape index (κ2) is 42.1. The van der Waals surface area contributed by atoms with Gasteiger partial charge in [-0.2, -0.15) is 0 Å². The SMILES string of the molecule is CC/C=C\CCCC/C=C\CCCCCCCC(=O)OC[C@H](COP(=O)(OC)OCCCN(CC)CC)OC(=O)CCCCCCC/C=C\CCCC/C=C\CC. The Labute approximate surface area is 350 Å². The Kier molecular flexibility index (Phi) is 40.6. The molecule has 1 unspecified atom stereocenters. The first-order valence-electron chi connectivity index (χ1n) is 23.0. The van der Waals surface area contributed by atoms with Crippen molar-refractivity contribution < 1.29 is 37.2 Å². The van der Waals surface area contributed by atoms with E-state index in [1.807, 2.05) is 0 Å². The van der Waals surface area contributed by atoms with E-state index >= 15 is 0 Å². The number of phosphoric ester groups is 1. The van der Waals surface area contributed by atoms with Gasteiger partial charge in [-0.1, -0.05) is 115 Å². The van der Waals surface area contributed by atoms with E-state index in [0.717, 1.165) is 116 Å². The Bertz CT molecular complexity index is 1090. The number of carbonyl (C=O) groups excluding carboxylic acids is 2. The lowest BCUT2D eigenvalue weighted by Gasteiger charge is -2.22. The van der Waals surface area contributed by atoms with Crippen LogP contribution in [0.25, 0.3) is 0 Å². The number of allylic oxidation sites excluding steroid dienone is 8. The summed E-state index contributed by atoms with van der Waals surface area (Å²) in [6, 6.07) is 0. The highest BCUT2D eigenvalue weighted by Gasteiger charge is 2.28. The summed E-state index contributed by atoms with van der Waals surface area (Å²) in [5.74, 6) is -0.740. The quantitative estimate of drug-likeness (QED) is 0.0258. The summed E-state index contributed by atoms with van der Waals surface area (Å²) in [7, 11) is -2.62. The van der Waals surface area contributed by atoms with Gasteiger partial charge in [-0.3, -0.25) is 23.2 Å². The molecule has 0 saturated heterocycles. The van der Waals surface area contributed by atoms with E-state index in [-0.39, 0.29) is 32.2 Å². The highest BCUT2D eigenvalue weighted by molar-refractivity contribution is 7.48. The number of esters is 2. The predicted molar refractivity (Wildman–Crippen MR) is 238 cm³/mol. The van der Waals surface area contributed by atoms with E-state index in [4.69, 9.17) is 23.0 Å². The fourth-order valence-corrected chi connectivity index (χ4v) is 7.14. The first-order chi connectivity index (χ1) is 27.8. The van der Waals surface area contributed by atoms with E-state index in [2.05, 4.69) is 81.2 Å². The molecule has 0 N–H and O–H groups in total. The van der Waals surface area contributed by atoms with Crippen molar-refractivity contribution in [3.8, 4) is 0 Å². The van der Waals surface area contributed by atoms with Crippen LogP contribution in [-0.4, -0.2) is 69.5 Å². The summed E-state index contributed by atoms with van der Waals surface area (Å²) in [6.45, 7) is 10.9. The molecule has 57 heavy (non-hydrogen) atoms. The number of carbonyl (C=O) groups is 2. The number of ether oxygens (including phenoxy) is 2. The Hall–Kier alpha value is -2.03. The van der Waals surface area contributed by atoms with Crippen LogP contribution in [-0.2, 0) is 37.2 Å². The minimum atomic E-state index is -3.89. The van der Waals surface area contributed by atoms with Crippen LogP contribution in [0.3, 0.4) is 0 Å². The maximum Gasteiger partial charge on any atom is 0.474 e. The van der Waals surface area contributed by atoms with Gasteiger partial charge in [0.2, 0.25) is 0 Å². The fraction of sp³-hybridized carbons (Fsp3) is 0.787. The van der Waals surface area contributed by atoms with E-state index in [1.54, 1.807) is 0 Å². The summed E-state index contributed by atoms with van der Waals surface area (Å²) in [5.41, 5.74) is 0.